The third kappa shape index (κ3) is 9.61. The van der Waals surface area contributed by atoms with Crippen LogP contribution in [-0.2, 0) is 43.6 Å². The number of anilines is 3. The van der Waals surface area contributed by atoms with Gasteiger partial charge in [-0.25, -0.2) is 14.8 Å². The first-order chi connectivity index (χ1) is 31.3. The fourth-order valence-electron chi connectivity index (χ4n) is 8.06. The van der Waals surface area contributed by atoms with Crippen LogP contribution in [0, 0.1) is 6.92 Å². The number of para-hydroxylation sites is 1. The van der Waals surface area contributed by atoms with Gasteiger partial charge in [-0.15, -0.1) is 0 Å². The van der Waals surface area contributed by atoms with Crippen molar-refractivity contribution < 1.29 is 33.2 Å². The lowest BCUT2D eigenvalue weighted by molar-refractivity contribution is -0.189. The number of carbonyl (C=O) groups excluding carboxylic acids is 1. The van der Waals surface area contributed by atoms with Gasteiger partial charge in [0.05, 0.1) is 50.3 Å². The summed E-state index contributed by atoms with van der Waals surface area (Å²) in [6.45, 7) is 6.61. The molecule has 0 bridgehead atoms. The summed E-state index contributed by atoms with van der Waals surface area (Å²) in [7, 11) is 0. The predicted octanol–water partition coefficient (Wildman–Crippen LogP) is 9.63. The molecule has 0 spiro atoms. The Morgan fingerprint density at radius 3 is 1.77 bits per heavy atom. The van der Waals surface area contributed by atoms with Gasteiger partial charge in [0.15, 0.2) is 0 Å². The fraction of sp³-hybridized carbons (Fsp3) is 0.260. The van der Waals surface area contributed by atoms with E-state index in [0.29, 0.717) is 50.0 Å². The molecule has 4 atom stereocenters. The Morgan fingerprint density at radius 2 is 1.23 bits per heavy atom. The molecule has 14 heteroatoms. The van der Waals surface area contributed by atoms with Gasteiger partial charge in [-0.1, -0.05) is 76.1 Å². The number of aromatic nitrogens is 4. The molecule has 9 rings (SSSR count). The molecule has 2 aliphatic heterocycles. The quantitative estimate of drug-likeness (QED) is 0.0935. The minimum Gasteiger partial charge on any atom is -0.491 e. The second kappa shape index (κ2) is 19.2. The maximum atomic E-state index is 14.6. The van der Waals surface area contributed by atoms with Crippen molar-refractivity contribution in [3.05, 3.63) is 186 Å². The molecular weight excluding hydrogens is 876 g/mol. The average molecular weight is 926 g/mol. The number of amides is 2. The number of hydrogen-bond acceptors (Lipinski definition) is 9. The standard InChI is InChI=1S/C50H49BrN6O7/c1-3-56(41-16-20-44(21-17-41)59-30-47-32-62-50(64-47,34-55-27-25-53-36-55)39-9-7-8-37(2)28-39)48(58)57(42-10-5-4-6-11-42)43-18-22-45(23-19-43)60-29-46-31-61-49(63-46,33-54-26-24-52-35-54)38-12-14-40(51)15-13-38/h4-28,35-36,46-47H,3,29-34H2,1-2H3. The predicted molar refractivity (Wildman–Crippen MR) is 246 cm³/mol. The lowest BCUT2D eigenvalue weighted by atomic mass is 10.0. The zero-order chi connectivity index (χ0) is 43.9. The zero-order valence-corrected chi connectivity index (χ0v) is 37.2. The minimum atomic E-state index is -0.994. The summed E-state index contributed by atoms with van der Waals surface area (Å²) in [5, 5.41) is 0. The Hall–Kier alpha value is -6.29. The Kier molecular flexibility index (Phi) is 12.9. The maximum absolute atomic E-state index is 14.6. The van der Waals surface area contributed by atoms with E-state index in [2.05, 4.69) is 45.0 Å². The van der Waals surface area contributed by atoms with Crippen molar-refractivity contribution in [1.29, 1.82) is 0 Å². The minimum absolute atomic E-state index is 0.211. The lowest BCUT2D eigenvalue weighted by Crippen LogP contribution is -2.41. The van der Waals surface area contributed by atoms with Crippen LogP contribution in [0.25, 0.3) is 0 Å². The Labute approximate surface area is 380 Å². The van der Waals surface area contributed by atoms with Gasteiger partial charge in [-0.2, -0.15) is 0 Å². The van der Waals surface area contributed by atoms with Crippen molar-refractivity contribution in [2.75, 3.05) is 42.8 Å². The van der Waals surface area contributed by atoms with Crippen molar-refractivity contribution in [3.8, 4) is 11.5 Å². The normalized spacial score (nSPS) is 20.5. The summed E-state index contributed by atoms with van der Waals surface area (Å²) in [6.07, 6.45) is 10.1. The second-order valence-corrected chi connectivity index (χ2v) is 16.7. The van der Waals surface area contributed by atoms with E-state index in [1.165, 1.54) is 0 Å². The first-order valence-electron chi connectivity index (χ1n) is 21.3. The first-order valence-corrected chi connectivity index (χ1v) is 22.1. The van der Waals surface area contributed by atoms with Crippen LogP contribution >= 0.6 is 15.9 Å². The van der Waals surface area contributed by atoms with Crippen LogP contribution in [0.4, 0.5) is 21.9 Å². The highest BCUT2D eigenvalue weighted by Crippen LogP contribution is 2.39. The van der Waals surface area contributed by atoms with E-state index >= 15 is 0 Å². The zero-order valence-electron chi connectivity index (χ0n) is 35.6. The number of imidazole rings is 2. The molecule has 2 aromatic heterocycles. The van der Waals surface area contributed by atoms with Crippen molar-refractivity contribution in [3.63, 3.8) is 0 Å². The summed E-state index contributed by atoms with van der Waals surface area (Å²) in [4.78, 5) is 26.4. The van der Waals surface area contributed by atoms with Gasteiger partial charge in [-0.05, 0) is 86.6 Å². The van der Waals surface area contributed by atoms with Gasteiger partial charge in [0, 0.05) is 52.6 Å². The third-order valence-corrected chi connectivity index (χ3v) is 11.8. The van der Waals surface area contributed by atoms with E-state index in [-0.39, 0.29) is 31.5 Å². The summed E-state index contributed by atoms with van der Waals surface area (Å²) in [5.41, 5.74) is 5.11. The number of nitrogens with zero attached hydrogens (tertiary/aromatic N) is 6. The van der Waals surface area contributed by atoms with E-state index in [9.17, 15) is 4.79 Å². The van der Waals surface area contributed by atoms with Gasteiger partial charge >= 0.3 is 6.03 Å². The Morgan fingerprint density at radius 1 is 0.688 bits per heavy atom. The van der Waals surface area contributed by atoms with Crippen LogP contribution in [0.2, 0.25) is 0 Å². The number of benzene rings is 5. The second-order valence-electron chi connectivity index (χ2n) is 15.8. The van der Waals surface area contributed by atoms with Crippen LogP contribution in [-0.4, -0.2) is 70.3 Å². The fourth-order valence-corrected chi connectivity index (χ4v) is 8.32. The monoisotopic (exact) mass is 924 g/mol. The first kappa shape index (κ1) is 43.0. The van der Waals surface area contributed by atoms with Gasteiger partial charge in [0.25, 0.3) is 0 Å². The summed E-state index contributed by atoms with van der Waals surface area (Å²) < 4.78 is 43.4. The van der Waals surface area contributed by atoms with Crippen LogP contribution in [0.5, 0.6) is 11.5 Å². The number of aryl methyl sites for hydroxylation is 1. The molecule has 13 nitrogen and oxygen atoms in total. The molecule has 4 heterocycles. The molecule has 328 valence electrons. The molecule has 0 saturated carbocycles. The SMILES string of the molecule is CCN(C(=O)N(c1ccccc1)c1ccc(OCC2COC(Cn3ccnc3)(c3ccc(Br)cc3)O2)cc1)c1ccc(OCC2COC(Cn3ccnc3)(c3cccc(C)c3)O2)cc1. The number of carbonyl (C=O) groups is 1. The third-order valence-electron chi connectivity index (χ3n) is 11.2. The van der Waals surface area contributed by atoms with Crippen molar-refractivity contribution in [2.24, 2.45) is 0 Å². The molecule has 2 amide bonds. The summed E-state index contributed by atoms with van der Waals surface area (Å²) >= 11 is 3.53. The van der Waals surface area contributed by atoms with Crippen LogP contribution in [0.15, 0.2) is 169 Å². The Balaban J connectivity index is 0.846. The number of halogens is 1. The molecule has 4 unspecified atom stereocenters. The van der Waals surface area contributed by atoms with E-state index < -0.39 is 11.6 Å². The number of ether oxygens (including phenoxy) is 6. The largest absolute Gasteiger partial charge is 0.491 e. The maximum Gasteiger partial charge on any atom is 0.333 e. The van der Waals surface area contributed by atoms with E-state index in [4.69, 9.17) is 28.4 Å². The van der Waals surface area contributed by atoms with E-state index in [1.54, 1.807) is 34.8 Å². The molecule has 2 aliphatic rings. The van der Waals surface area contributed by atoms with Crippen LogP contribution in [0.3, 0.4) is 0 Å². The lowest BCUT2D eigenvalue weighted by Gasteiger charge is -2.30. The van der Waals surface area contributed by atoms with E-state index in [1.807, 2.05) is 144 Å². The highest BCUT2D eigenvalue weighted by molar-refractivity contribution is 9.10. The highest BCUT2D eigenvalue weighted by Gasteiger charge is 2.45. The molecule has 2 fully saturated rings. The van der Waals surface area contributed by atoms with Crippen molar-refractivity contribution >= 4 is 39.0 Å². The molecule has 0 aliphatic carbocycles. The Bertz CT molecular complexity index is 2580. The van der Waals surface area contributed by atoms with Gasteiger partial charge in [0.2, 0.25) is 11.6 Å². The molecule has 5 aromatic carbocycles. The van der Waals surface area contributed by atoms with Crippen LogP contribution in [0.1, 0.15) is 23.6 Å². The number of urea groups is 1. The van der Waals surface area contributed by atoms with Crippen molar-refractivity contribution in [2.45, 2.75) is 50.7 Å². The van der Waals surface area contributed by atoms with E-state index in [0.717, 1.165) is 32.5 Å². The average Bonchev–Trinajstić information content (AvgIpc) is 4.17. The smallest absolute Gasteiger partial charge is 0.333 e. The number of hydrogen-bond donors (Lipinski definition) is 0. The van der Waals surface area contributed by atoms with Crippen molar-refractivity contribution in [1.82, 2.24) is 19.1 Å². The number of rotatable bonds is 16. The highest BCUT2D eigenvalue weighted by atomic mass is 79.9. The molecule has 0 radical (unpaired) electrons. The molecular formula is C50H49BrN6O7. The molecule has 64 heavy (non-hydrogen) atoms. The molecule has 0 N–H and O–H groups in total. The molecule has 7 aromatic rings. The summed E-state index contributed by atoms with van der Waals surface area (Å²) in [5.74, 6) is -0.673. The van der Waals surface area contributed by atoms with Gasteiger partial charge < -0.3 is 37.6 Å². The topological polar surface area (TPSA) is 115 Å². The van der Waals surface area contributed by atoms with Crippen LogP contribution < -0.4 is 19.3 Å². The van der Waals surface area contributed by atoms with Gasteiger partial charge in [0.1, 0.15) is 36.9 Å². The summed E-state index contributed by atoms with van der Waals surface area (Å²) in [6, 6.07) is 40.6. The molecule has 2 saturated heterocycles. The van der Waals surface area contributed by atoms with Gasteiger partial charge in [-0.3, -0.25) is 9.80 Å².